The van der Waals surface area contributed by atoms with Crippen LogP contribution in [-0.4, -0.2) is 44.4 Å². The zero-order chi connectivity index (χ0) is 14.9. The number of hydrogen-bond donors (Lipinski definition) is 3. The predicted octanol–water partition coefficient (Wildman–Crippen LogP) is -0.948. The van der Waals surface area contributed by atoms with Gasteiger partial charge in [0.25, 0.3) is 0 Å². The van der Waals surface area contributed by atoms with Gasteiger partial charge in [0.1, 0.15) is 11.9 Å². The molecule has 2 rings (SSSR count). The van der Waals surface area contributed by atoms with E-state index in [1.54, 1.807) is 0 Å². The normalized spacial score (nSPS) is 32.9. The first kappa shape index (κ1) is 14.2. The predicted molar refractivity (Wildman–Crippen MR) is 62.9 cm³/mol. The summed E-state index contributed by atoms with van der Waals surface area (Å²) >= 11 is 0. The van der Waals surface area contributed by atoms with Crippen molar-refractivity contribution < 1.29 is 19.3 Å². The van der Waals surface area contributed by atoms with E-state index in [0.29, 0.717) is 0 Å². The molecule has 1 aromatic heterocycles. The minimum atomic E-state index is -2.29. The lowest BCUT2D eigenvalue weighted by molar-refractivity contribution is -0.116. The summed E-state index contributed by atoms with van der Waals surface area (Å²) < 4.78 is 19.9. The molecule has 0 spiro atoms. The molecule has 11 heteroatoms. The molecule has 0 aliphatic carbocycles. The van der Waals surface area contributed by atoms with Crippen molar-refractivity contribution >= 4 is 5.82 Å². The maximum Gasteiger partial charge on any atom is 0.351 e. The van der Waals surface area contributed by atoms with Crippen molar-refractivity contribution in [3.05, 3.63) is 33.2 Å². The smallest absolute Gasteiger partial charge is 0.351 e. The van der Waals surface area contributed by atoms with Gasteiger partial charge >= 0.3 is 5.69 Å². The van der Waals surface area contributed by atoms with E-state index in [1.165, 1.54) is 6.07 Å². The number of halogens is 1. The lowest BCUT2D eigenvalue weighted by Gasteiger charge is -2.22. The molecule has 4 atom stereocenters. The van der Waals surface area contributed by atoms with E-state index in [-0.39, 0.29) is 5.82 Å². The van der Waals surface area contributed by atoms with Crippen LogP contribution in [0.5, 0.6) is 0 Å². The van der Waals surface area contributed by atoms with Gasteiger partial charge in [-0.15, -0.1) is 0 Å². The van der Waals surface area contributed by atoms with E-state index >= 15 is 0 Å². The molecule has 2 heterocycles. The molecule has 108 valence electrons. The summed E-state index contributed by atoms with van der Waals surface area (Å²) in [6, 6.07) is 1.25. The fourth-order valence-electron chi connectivity index (χ4n) is 1.91. The van der Waals surface area contributed by atoms with Crippen molar-refractivity contribution in [3.63, 3.8) is 0 Å². The minimum absolute atomic E-state index is 0.0565. The van der Waals surface area contributed by atoms with Gasteiger partial charge in [-0.3, -0.25) is 4.57 Å². The van der Waals surface area contributed by atoms with Gasteiger partial charge in [-0.05, 0) is 11.6 Å². The lowest BCUT2D eigenvalue weighted by Crippen LogP contribution is -2.41. The van der Waals surface area contributed by atoms with E-state index in [9.17, 15) is 14.3 Å². The second-order valence-corrected chi connectivity index (χ2v) is 4.14. The zero-order valence-corrected chi connectivity index (χ0v) is 10.00. The maximum absolute atomic E-state index is 14.0. The summed E-state index contributed by atoms with van der Waals surface area (Å²) in [7, 11) is 0. The summed E-state index contributed by atoms with van der Waals surface area (Å²) in [6.45, 7) is -0.997. The van der Waals surface area contributed by atoms with E-state index < -0.39 is 36.5 Å². The van der Waals surface area contributed by atoms with Crippen LogP contribution < -0.4 is 11.4 Å². The zero-order valence-electron chi connectivity index (χ0n) is 10.00. The Morgan fingerprint density at radius 1 is 1.75 bits per heavy atom. The highest BCUT2D eigenvalue weighted by Crippen LogP contribution is 2.39. The molecule has 0 aromatic carbocycles. The van der Waals surface area contributed by atoms with Crippen LogP contribution >= 0.6 is 0 Å². The Kier molecular flexibility index (Phi) is 3.59. The van der Waals surface area contributed by atoms with E-state index in [1.807, 2.05) is 0 Å². The number of aromatic nitrogens is 2. The number of hydrogen-bond acceptors (Lipinski definition) is 7. The molecule has 10 nitrogen and oxygen atoms in total. The first-order valence-corrected chi connectivity index (χ1v) is 5.47. The second-order valence-electron chi connectivity index (χ2n) is 4.14. The van der Waals surface area contributed by atoms with E-state index in [0.717, 1.165) is 10.8 Å². The molecule has 0 radical (unpaired) electrons. The van der Waals surface area contributed by atoms with Gasteiger partial charge in [0.05, 0.1) is 6.61 Å². The summed E-state index contributed by atoms with van der Waals surface area (Å²) in [5.74, 6) is -0.0565. The van der Waals surface area contributed by atoms with Gasteiger partial charge in [0, 0.05) is 11.1 Å². The Balaban J connectivity index is 2.45. The highest BCUT2D eigenvalue weighted by molar-refractivity contribution is 5.23. The van der Waals surface area contributed by atoms with Gasteiger partial charge < -0.3 is 20.7 Å². The minimum Gasteiger partial charge on any atom is -0.393 e. The number of rotatable bonds is 3. The van der Waals surface area contributed by atoms with Gasteiger partial charge in [-0.25, -0.2) is 9.18 Å². The molecule has 1 aromatic rings. The molecular weight excluding hydrogens is 275 g/mol. The van der Waals surface area contributed by atoms with Crippen molar-refractivity contribution in [1.82, 2.24) is 9.55 Å². The van der Waals surface area contributed by atoms with Crippen LogP contribution in [0.3, 0.4) is 0 Å². The van der Waals surface area contributed by atoms with Crippen molar-refractivity contribution in [1.29, 1.82) is 0 Å². The molecule has 0 bridgehead atoms. The summed E-state index contributed by atoms with van der Waals surface area (Å²) in [4.78, 5) is 17.4. The quantitative estimate of drug-likeness (QED) is 0.369. The van der Waals surface area contributed by atoms with Crippen LogP contribution in [0.4, 0.5) is 10.2 Å². The Hall–Kier alpha value is -2.20. The summed E-state index contributed by atoms with van der Waals surface area (Å²) in [5.41, 5.74) is 10.5. The SMILES string of the molecule is [N-]=[N+]=N[C@]1(CO)O[C@@H](n2ccc(N)nc2=O)[C@H](O)[C@H]1F. The molecule has 0 amide bonds. The van der Waals surface area contributed by atoms with Crippen LogP contribution in [0.25, 0.3) is 10.4 Å². The van der Waals surface area contributed by atoms with E-state index in [4.69, 9.17) is 21.1 Å². The standard InChI is InChI=1S/C9H11FN6O4/c10-6-5(18)7(20-9(6,3-17)14-15-12)16-2-1-4(11)13-8(16)19/h1-2,5-7,17-18H,3H2,(H2,11,13,19)/t5-,6-,7-,9-/m1/s1. The largest absolute Gasteiger partial charge is 0.393 e. The number of nitrogen functional groups attached to an aromatic ring is 1. The molecule has 4 N–H and O–H groups in total. The van der Waals surface area contributed by atoms with Gasteiger partial charge in [-0.1, -0.05) is 5.11 Å². The Morgan fingerprint density at radius 2 is 2.45 bits per heavy atom. The fraction of sp³-hybridized carbons (Fsp3) is 0.556. The summed E-state index contributed by atoms with van der Waals surface area (Å²) in [5, 5.41) is 22.0. The van der Waals surface area contributed by atoms with Crippen molar-refractivity contribution in [2.24, 2.45) is 5.11 Å². The lowest BCUT2D eigenvalue weighted by atomic mass is 10.1. The van der Waals surface area contributed by atoms with Crippen LogP contribution in [0.1, 0.15) is 6.23 Å². The molecule has 0 unspecified atom stereocenters. The molecular formula is C9H11FN6O4. The number of azide groups is 1. The number of nitrogens with zero attached hydrogens (tertiary/aromatic N) is 5. The van der Waals surface area contributed by atoms with Crippen LogP contribution in [0.15, 0.2) is 22.2 Å². The van der Waals surface area contributed by atoms with Crippen molar-refractivity contribution in [2.75, 3.05) is 12.3 Å². The summed E-state index contributed by atoms with van der Waals surface area (Å²) in [6.07, 6.45) is -4.38. The topological polar surface area (TPSA) is 159 Å². The first-order chi connectivity index (χ1) is 9.45. The molecule has 1 saturated heterocycles. The van der Waals surface area contributed by atoms with Gasteiger partial charge in [0.15, 0.2) is 12.4 Å². The Bertz CT molecular complexity index is 617. The number of nitrogens with two attached hydrogens (primary N) is 1. The molecule has 1 aliphatic heterocycles. The number of anilines is 1. The third kappa shape index (κ3) is 2.08. The Labute approximate surface area is 110 Å². The number of ether oxygens (including phenoxy) is 1. The maximum atomic E-state index is 14.0. The first-order valence-electron chi connectivity index (χ1n) is 5.47. The average Bonchev–Trinajstić information content (AvgIpc) is 2.65. The molecule has 1 aliphatic rings. The fourth-order valence-corrected chi connectivity index (χ4v) is 1.91. The van der Waals surface area contributed by atoms with Crippen LogP contribution in [0, 0.1) is 0 Å². The number of aliphatic hydroxyl groups is 2. The van der Waals surface area contributed by atoms with Crippen LogP contribution in [0.2, 0.25) is 0 Å². The van der Waals surface area contributed by atoms with Crippen molar-refractivity contribution in [3.8, 4) is 0 Å². The van der Waals surface area contributed by atoms with Crippen molar-refractivity contribution in [2.45, 2.75) is 24.2 Å². The van der Waals surface area contributed by atoms with Crippen LogP contribution in [-0.2, 0) is 4.74 Å². The molecule has 0 saturated carbocycles. The molecule has 1 fully saturated rings. The second kappa shape index (κ2) is 5.06. The monoisotopic (exact) mass is 286 g/mol. The third-order valence-electron chi connectivity index (χ3n) is 2.91. The van der Waals surface area contributed by atoms with Gasteiger partial charge in [0.2, 0.25) is 5.72 Å². The highest BCUT2D eigenvalue weighted by Gasteiger charge is 2.56. The average molecular weight is 286 g/mol. The third-order valence-corrected chi connectivity index (χ3v) is 2.91. The number of aliphatic hydroxyl groups excluding tert-OH is 2. The number of alkyl halides is 1. The van der Waals surface area contributed by atoms with E-state index in [2.05, 4.69) is 15.0 Å². The highest BCUT2D eigenvalue weighted by atomic mass is 19.1. The molecule has 20 heavy (non-hydrogen) atoms. The van der Waals surface area contributed by atoms with Gasteiger partial charge in [-0.2, -0.15) is 4.98 Å². The Morgan fingerprint density at radius 3 is 3.00 bits per heavy atom.